The van der Waals surface area contributed by atoms with E-state index in [2.05, 4.69) is 44.0 Å². The number of carbonyl (C=O) groups is 1. The third-order valence-corrected chi connectivity index (χ3v) is 5.05. The van der Waals surface area contributed by atoms with E-state index in [1.165, 1.54) is 5.69 Å². The number of para-hydroxylation sites is 1. The summed E-state index contributed by atoms with van der Waals surface area (Å²) in [6.07, 6.45) is 1.60. The van der Waals surface area contributed by atoms with Crippen LogP contribution < -0.4 is 9.80 Å². The Morgan fingerprint density at radius 1 is 1.04 bits per heavy atom. The number of nitrogens with zero attached hydrogens (tertiary/aromatic N) is 4. The molecule has 4 rings (SSSR count). The van der Waals surface area contributed by atoms with E-state index in [1.54, 1.807) is 6.20 Å². The van der Waals surface area contributed by atoms with Crippen LogP contribution in [0.5, 0.6) is 0 Å². The molecule has 0 amide bonds. The van der Waals surface area contributed by atoms with Crippen molar-refractivity contribution in [1.29, 1.82) is 0 Å². The lowest BCUT2D eigenvalue weighted by Gasteiger charge is -2.38. The van der Waals surface area contributed by atoms with Gasteiger partial charge in [-0.1, -0.05) is 18.2 Å². The zero-order chi connectivity index (χ0) is 19.5. The Kier molecular flexibility index (Phi) is 5.10. The van der Waals surface area contributed by atoms with Gasteiger partial charge in [0.1, 0.15) is 5.56 Å². The number of ether oxygens (including phenoxy) is 1. The minimum Gasteiger partial charge on any atom is -0.462 e. The zero-order valence-corrected chi connectivity index (χ0v) is 16.3. The lowest BCUT2D eigenvalue weighted by molar-refractivity contribution is 0.0527. The first-order valence-electron chi connectivity index (χ1n) is 9.66. The SMILES string of the molecule is CCOC(=O)c1cnc2nc(C)ccc2c1N1CCN(c2ccccc2)CC1. The van der Waals surface area contributed by atoms with Gasteiger partial charge in [0.15, 0.2) is 5.65 Å². The van der Waals surface area contributed by atoms with Crippen LogP contribution in [0.2, 0.25) is 0 Å². The number of aromatic nitrogens is 2. The van der Waals surface area contributed by atoms with Crippen molar-refractivity contribution >= 4 is 28.4 Å². The fourth-order valence-electron chi connectivity index (χ4n) is 3.68. The number of fused-ring (bicyclic) bond motifs is 1. The highest BCUT2D eigenvalue weighted by molar-refractivity contribution is 6.04. The van der Waals surface area contributed by atoms with Gasteiger partial charge in [0, 0.05) is 49.1 Å². The summed E-state index contributed by atoms with van der Waals surface area (Å²) in [6, 6.07) is 14.4. The third kappa shape index (κ3) is 3.50. The smallest absolute Gasteiger partial charge is 0.341 e. The molecule has 1 aliphatic rings. The van der Waals surface area contributed by atoms with Gasteiger partial charge in [-0.05, 0) is 38.1 Å². The van der Waals surface area contributed by atoms with E-state index in [0.29, 0.717) is 17.8 Å². The molecule has 1 saturated heterocycles. The minimum absolute atomic E-state index is 0.335. The van der Waals surface area contributed by atoms with E-state index < -0.39 is 0 Å². The second-order valence-corrected chi connectivity index (χ2v) is 6.87. The van der Waals surface area contributed by atoms with Crippen LogP contribution in [-0.2, 0) is 4.74 Å². The first-order chi connectivity index (χ1) is 13.7. The molecule has 0 saturated carbocycles. The van der Waals surface area contributed by atoms with Crippen LogP contribution >= 0.6 is 0 Å². The number of aryl methyl sites for hydroxylation is 1. The van der Waals surface area contributed by atoms with Crippen molar-refractivity contribution in [3.8, 4) is 0 Å². The van der Waals surface area contributed by atoms with Gasteiger partial charge in [0.25, 0.3) is 0 Å². The van der Waals surface area contributed by atoms with E-state index in [0.717, 1.165) is 42.9 Å². The Hall–Kier alpha value is -3.15. The molecule has 2 aromatic heterocycles. The lowest BCUT2D eigenvalue weighted by Crippen LogP contribution is -2.47. The second-order valence-electron chi connectivity index (χ2n) is 6.87. The van der Waals surface area contributed by atoms with Gasteiger partial charge in [-0.25, -0.2) is 14.8 Å². The van der Waals surface area contributed by atoms with Crippen molar-refractivity contribution in [3.05, 3.63) is 59.9 Å². The summed E-state index contributed by atoms with van der Waals surface area (Å²) in [5, 5.41) is 0.893. The summed E-state index contributed by atoms with van der Waals surface area (Å²) >= 11 is 0. The number of esters is 1. The van der Waals surface area contributed by atoms with E-state index in [9.17, 15) is 4.79 Å². The summed E-state index contributed by atoms with van der Waals surface area (Å²) in [6.45, 7) is 7.49. The monoisotopic (exact) mass is 376 g/mol. The second kappa shape index (κ2) is 7.84. The van der Waals surface area contributed by atoms with E-state index in [4.69, 9.17) is 4.74 Å². The predicted molar refractivity (Wildman–Crippen MR) is 111 cm³/mol. The van der Waals surface area contributed by atoms with Crippen LogP contribution in [0.15, 0.2) is 48.7 Å². The number of anilines is 2. The fraction of sp³-hybridized carbons (Fsp3) is 0.318. The van der Waals surface area contributed by atoms with Gasteiger partial charge < -0.3 is 14.5 Å². The molecule has 1 fully saturated rings. The molecule has 3 heterocycles. The Morgan fingerprint density at radius 3 is 2.46 bits per heavy atom. The lowest BCUT2D eigenvalue weighted by atomic mass is 10.1. The summed E-state index contributed by atoms with van der Waals surface area (Å²) in [7, 11) is 0. The Labute approximate surface area is 164 Å². The van der Waals surface area contributed by atoms with Crippen molar-refractivity contribution in [1.82, 2.24) is 9.97 Å². The third-order valence-electron chi connectivity index (χ3n) is 5.05. The predicted octanol–water partition coefficient (Wildman–Crippen LogP) is 3.44. The normalized spacial score (nSPS) is 14.4. The molecule has 1 aromatic carbocycles. The molecule has 0 aliphatic carbocycles. The van der Waals surface area contributed by atoms with Gasteiger partial charge in [-0.3, -0.25) is 0 Å². The number of hydrogen-bond donors (Lipinski definition) is 0. The molecule has 0 atom stereocenters. The van der Waals surface area contributed by atoms with Crippen LogP contribution in [0.25, 0.3) is 11.0 Å². The number of benzene rings is 1. The molecule has 6 heteroatoms. The molecule has 1 aliphatic heterocycles. The number of carbonyl (C=O) groups excluding carboxylic acids is 1. The molecular formula is C22H24N4O2. The van der Waals surface area contributed by atoms with Crippen LogP contribution in [0.3, 0.4) is 0 Å². The average molecular weight is 376 g/mol. The molecule has 6 nitrogen and oxygen atoms in total. The molecule has 3 aromatic rings. The van der Waals surface area contributed by atoms with Crippen LogP contribution in [0.1, 0.15) is 23.0 Å². The number of rotatable bonds is 4. The van der Waals surface area contributed by atoms with Gasteiger partial charge in [-0.15, -0.1) is 0 Å². The highest BCUT2D eigenvalue weighted by Crippen LogP contribution is 2.31. The largest absolute Gasteiger partial charge is 0.462 e. The Bertz CT molecular complexity index is 982. The quantitative estimate of drug-likeness (QED) is 0.650. The number of piperazine rings is 1. The topological polar surface area (TPSA) is 58.6 Å². The van der Waals surface area contributed by atoms with Gasteiger partial charge in [0.2, 0.25) is 0 Å². The molecule has 28 heavy (non-hydrogen) atoms. The summed E-state index contributed by atoms with van der Waals surface area (Å²) < 4.78 is 5.29. The highest BCUT2D eigenvalue weighted by atomic mass is 16.5. The Morgan fingerprint density at radius 2 is 1.75 bits per heavy atom. The maximum absolute atomic E-state index is 12.6. The van der Waals surface area contributed by atoms with Crippen LogP contribution in [0, 0.1) is 6.92 Å². The van der Waals surface area contributed by atoms with Crippen molar-refractivity contribution < 1.29 is 9.53 Å². The van der Waals surface area contributed by atoms with E-state index in [-0.39, 0.29) is 5.97 Å². The fourth-order valence-corrected chi connectivity index (χ4v) is 3.68. The molecule has 0 N–H and O–H groups in total. The van der Waals surface area contributed by atoms with E-state index in [1.807, 2.05) is 32.0 Å². The summed E-state index contributed by atoms with van der Waals surface area (Å²) in [5.74, 6) is -0.335. The van der Waals surface area contributed by atoms with Gasteiger partial charge >= 0.3 is 5.97 Å². The number of hydrogen-bond acceptors (Lipinski definition) is 6. The Balaban J connectivity index is 1.68. The van der Waals surface area contributed by atoms with Gasteiger partial charge in [-0.2, -0.15) is 0 Å². The molecule has 0 bridgehead atoms. The van der Waals surface area contributed by atoms with Crippen molar-refractivity contribution in [2.45, 2.75) is 13.8 Å². The van der Waals surface area contributed by atoms with Crippen molar-refractivity contribution in [3.63, 3.8) is 0 Å². The van der Waals surface area contributed by atoms with E-state index >= 15 is 0 Å². The molecule has 0 radical (unpaired) electrons. The van der Waals surface area contributed by atoms with Crippen molar-refractivity contribution in [2.75, 3.05) is 42.6 Å². The summed E-state index contributed by atoms with van der Waals surface area (Å²) in [5.41, 5.74) is 4.18. The molecule has 0 spiro atoms. The highest BCUT2D eigenvalue weighted by Gasteiger charge is 2.25. The summed E-state index contributed by atoms with van der Waals surface area (Å²) in [4.78, 5) is 26.2. The molecule has 144 valence electrons. The zero-order valence-electron chi connectivity index (χ0n) is 16.3. The number of pyridine rings is 2. The van der Waals surface area contributed by atoms with Crippen molar-refractivity contribution in [2.24, 2.45) is 0 Å². The first kappa shape index (κ1) is 18.2. The maximum atomic E-state index is 12.6. The van der Waals surface area contributed by atoms with Crippen LogP contribution in [0.4, 0.5) is 11.4 Å². The van der Waals surface area contributed by atoms with Gasteiger partial charge in [0.05, 0.1) is 12.3 Å². The minimum atomic E-state index is -0.335. The standard InChI is InChI=1S/C22H24N4O2/c1-3-28-22(27)19-15-23-21-18(10-9-16(2)24-21)20(19)26-13-11-25(12-14-26)17-7-5-4-6-8-17/h4-10,15H,3,11-14H2,1-2H3. The van der Waals surface area contributed by atoms with Crippen LogP contribution in [-0.4, -0.2) is 48.7 Å². The average Bonchev–Trinajstić information content (AvgIpc) is 2.73. The maximum Gasteiger partial charge on any atom is 0.341 e. The first-order valence-corrected chi connectivity index (χ1v) is 9.66. The molecular weight excluding hydrogens is 352 g/mol. The molecule has 0 unspecified atom stereocenters.